The maximum Gasteiger partial charge on any atom is 0.241 e. The van der Waals surface area contributed by atoms with Gasteiger partial charge >= 0.3 is 0 Å². The number of nitrogens with one attached hydrogen (secondary N) is 1. The third-order valence-corrected chi connectivity index (χ3v) is 6.98. The third-order valence-electron chi connectivity index (χ3n) is 4.03. The number of primary amides is 1. The fourth-order valence-electron chi connectivity index (χ4n) is 2.76. The largest absolute Gasteiger partial charge is 0.369 e. The molecule has 9 heteroatoms. The quantitative estimate of drug-likeness (QED) is 0.582. The zero-order chi connectivity index (χ0) is 17.7. The lowest BCUT2D eigenvalue weighted by molar-refractivity contribution is -0.123. The first kappa shape index (κ1) is 19.8. The van der Waals surface area contributed by atoms with Crippen LogP contribution in [0.15, 0.2) is 32.0 Å². The van der Waals surface area contributed by atoms with E-state index in [0.717, 1.165) is 25.9 Å². The van der Waals surface area contributed by atoms with Crippen molar-refractivity contribution in [3.05, 3.63) is 27.1 Å². The van der Waals surface area contributed by atoms with Crippen molar-refractivity contribution in [2.24, 2.45) is 11.7 Å². The summed E-state index contributed by atoms with van der Waals surface area (Å²) in [6.45, 7) is 2.68. The van der Waals surface area contributed by atoms with Gasteiger partial charge in [-0.05, 0) is 66.5 Å². The summed E-state index contributed by atoms with van der Waals surface area (Å²) in [6.07, 6.45) is 2.47. The Morgan fingerprint density at radius 1 is 1.38 bits per heavy atom. The second kappa shape index (κ2) is 8.75. The zero-order valence-electron chi connectivity index (χ0n) is 13.2. The number of sulfonamides is 1. The number of halogens is 2. The first-order valence-corrected chi connectivity index (χ1v) is 10.8. The number of nitrogens with two attached hydrogens (primary N) is 1. The van der Waals surface area contributed by atoms with Gasteiger partial charge in [0.05, 0.1) is 10.8 Å². The van der Waals surface area contributed by atoms with Crippen LogP contribution in [-0.2, 0) is 14.8 Å². The van der Waals surface area contributed by atoms with Crippen molar-refractivity contribution in [1.82, 2.24) is 9.62 Å². The summed E-state index contributed by atoms with van der Waals surface area (Å²) in [5, 5.41) is 0. The Bertz CT molecular complexity index is 697. The molecule has 0 saturated carbocycles. The van der Waals surface area contributed by atoms with Crippen LogP contribution in [0, 0.1) is 5.92 Å². The fourth-order valence-corrected chi connectivity index (χ4v) is 5.33. The minimum absolute atomic E-state index is 0.0898. The number of carbonyl (C=O) groups excluding carboxylic acids is 1. The second-order valence-electron chi connectivity index (χ2n) is 5.87. The van der Waals surface area contributed by atoms with Gasteiger partial charge in [0.25, 0.3) is 0 Å². The summed E-state index contributed by atoms with van der Waals surface area (Å²) >= 11 is 6.55. The maximum absolute atomic E-state index is 12.4. The molecule has 0 spiro atoms. The van der Waals surface area contributed by atoms with Crippen LogP contribution in [0.25, 0.3) is 0 Å². The highest BCUT2D eigenvalue weighted by atomic mass is 79.9. The molecule has 0 aliphatic carbocycles. The van der Waals surface area contributed by atoms with Crippen LogP contribution in [0.5, 0.6) is 0 Å². The van der Waals surface area contributed by atoms with E-state index in [9.17, 15) is 13.2 Å². The molecule has 1 aliphatic heterocycles. The number of hydrogen-bond acceptors (Lipinski definition) is 4. The van der Waals surface area contributed by atoms with Gasteiger partial charge in [0.1, 0.15) is 0 Å². The number of piperidine rings is 1. The van der Waals surface area contributed by atoms with Gasteiger partial charge in [-0.2, -0.15) is 0 Å². The van der Waals surface area contributed by atoms with Crippen LogP contribution >= 0.6 is 31.9 Å². The predicted octanol–water partition coefficient (Wildman–Crippen LogP) is 2.08. The molecule has 1 heterocycles. The molecule has 1 aromatic rings. The lowest BCUT2D eigenvalue weighted by Crippen LogP contribution is -2.42. The van der Waals surface area contributed by atoms with Gasteiger partial charge in [-0.25, -0.2) is 13.1 Å². The number of hydrogen-bond donors (Lipinski definition) is 2. The molecule has 0 radical (unpaired) electrons. The van der Waals surface area contributed by atoms with Crippen molar-refractivity contribution < 1.29 is 13.2 Å². The van der Waals surface area contributed by atoms with Crippen LogP contribution in [0.4, 0.5) is 0 Å². The lowest BCUT2D eigenvalue weighted by Gasteiger charge is -2.31. The van der Waals surface area contributed by atoms with Crippen molar-refractivity contribution in [2.75, 3.05) is 26.2 Å². The van der Waals surface area contributed by atoms with Crippen LogP contribution in [0.1, 0.15) is 19.3 Å². The summed E-state index contributed by atoms with van der Waals surface area (Å²) < 4.78 is 28.6. The Hall–Kier alpha value is -0.480. The normalized spacial score (nSPS) is 19.3. The molecule has 1 amide bonds. The molecule has 6 nitrogen and oxygen atoms in total. The van der Waals surface area contributed by atoms with Crippen LogP contribution in [-0.4, -0.2) is 45.4 Å². The van der Waals surface area contributed by atoms with Crippen molar-refractivity contribution in [2.45, 2.75) is 24.2 Å². The van der Waals surface area contributed by atoms with E-state index in [1.807, 2.05) is 0 Å². The van der Waals surface area contributed by atoms with Gasteiger partial charge in [0.2, 0.25) is 15.9 Å². The van der Waals surface area contributed by atoms with Gasteiger partial charge < -0.3 is 10.6 Å². The van der Waals surface area contributed by atoms with Gasteiger partial charge in [0.15, 0.2) is 0 Å². The Morgan fingerprint density at radius 3 is 2.83 bits per heavy atom. The number of amides is 1. The van der Waals surface area contributed by atoms with Crippen LogP contribution in [0.3, 0.4) is 0 Å². The summed E-state index contributed by atoms with van der Waals surface area (Å²) in [6, 6.07) is 5.03. The van der Waals surface area contributed by atoms with E-state index < -0.39 is 10.0 Å². The van der Waals surface area contributed by atoms with Gasteiger partial charge in [-0.3, -0.25) is 4.79 Å². The molecule has 24 heavy (non-hydrogen) atoms. The highest BCUT2D eigenvalue weighted by Crippen LogP contribution is 2.25. The molecule has 2 rings (SSSR count). The van der Waals surface area contributed by atoms with E-state index in [-0.39, 0.29) is 16.7 Å². The summed E-state index contributed by atoms with van der Waals surface area (Å²) in [7, 11) is -3.56. The highest BCUT2D eigenvalue weighted by molar-refractivity contribution is 9.11. The first-order valence-electron chi connectivity index (χ1n) is 7.76. The van der Waals surface area contributed by atoms with E-state index in [1.165, 1.54) is 0 Å². The Kier molecular flexibility index (Phi) is 7.23. The van der Waals surface area contributed by atoms with Crippen molar-refractivity contribution in [3.8, 4) is 0 Å². The van der Waals surface area contributed by atoms with Crippen molar-refractivity contribution in [3.63, 3.8) is 0 Å². The van der Waals surface area contributed by atoms with E-state index in [1.54, 1.807) is 18.2 Å². The SMILES string of the molecule is NC(=O)C1CCCN(CCCNS(=O)(=O)c2cc(Br)ccc2Br)C1. The number of carbonyl (C=O) groups is 1. The van der Waals surface area contributed by atoms with Gasteiger partial charge in [-0.15, -0.1) is 0 Å². The Balaban J connectivity index is 1.83. The van der Waals surface area contributed by atoms with Crippen LogP contribution in [0.2, 0.25) is 0 Å². The van der Waals surface area contributed by atoms with E-state index >= 15 is 0 Å². The monoisotopic (exact) mass is 481 g/mol. The molecule has 134 valence electrons. The minimum Gasteiger partial charge on any atom is -0.369 e. The van der Waals surface area contributed by atoms with Gasteiger partial charge in [-0.1, -0.05) is 15.9 Å². The van der Waals surface area contributed by atoms with E-state index in [2.05, 4.69) is 41.5 Å². The molecule has 1 atom stereocenters. The molecule has 3 N–H and O–H groups in total. The second-order valence-corrected chi connectivity index (χ2v) is 9.37. The summed E-state index contributed by atoms with van der Waals surface area (Å²) in [4.78, 5) is 13.7. The third kappa shape index (κ3) is 5.52. The molecule has 1 aromatic carbocycles. The number of rotatable bonds is 7. The first-order chi connectivity index (χ1) is 11.3. The Labute approximate surface area is 159 Å². The topological polar surface area (TPSA) is 92.5 Å². The smallest absolute Gasteiger partial charge is 0.241 e. The molecule has 1 fully saturated rings. The number of nitrogens with zero attached hydrogens (tertiary/aromatic N) is 1. The average Bonchev–Trinajstić information content (AvgIpc) is 2.54. The predicted molar refractivity (Wildman–Crippen MR) is 100 cm³/mol. The van der Waals surface area contributed by atoms with Crippen LogP contribution < -0.4 is 10.5 Å². The molecule has 1 saturated heterocycles. The average molecular weight is 483 g/mol. The lowest BCUT2D eigenvalue weighted by atomic mass is 9.97. The standard InChI is InChI=1S/C15H21Br2N3O3S/c16-12-4-5-13(17)14(9-12)24(22,23)19-6-2-8-20-7-1-3-11(10-20)15(18)21/h4-5,9,11,19H,1-3,6-8,10H2,(H2,18,21). The minimum atomic E-state index is -3.56. The van der Waals surface area contributed by atoms with Gasteiger partial charge in [0, 0.05) is 22.0 Å². The molecule has 0 bridgehead atoms. The highest BCUT2D eigenvalue weighted by Gasteiger charge is 2.23. The molecule has 0 aromatic heterocycles. The van der Waals surface area contributed by atoms with E-state index in [4.69, 9.17) is 5.73 Å². The fraction of sp³-hybridized carbons (Fsp3) is 0.533. The number of likely N-dealkylation sites (tertiary alicyclic amines) is 1. The number of benzene rings is 1. The van der Waals surface area contributed by atoms with E-state index in [0.29, 0.717) is 28.5 Å². The van der Waals surface area contributed by atoms with Crippen molar-refractivity contribution in [1.29, 1.82) is 0 Å². The maximum atomic E-state index is 12.4. The zero-order valence-corrected chi connectivity index (χ0v) is 17.2. The molecule has 1 aliphatic rings. The summed E-state index contributed by atoms with van der Waals surface area (Å²) in [5.74, 6) is -0.340. The molecular formula is C15H21Br2N3O3S. The molecule has 1 unspecified atom stereocenters. The Morgan fingerprint density at radius 2 is 2.12 bits per heavy atom. The van der Waals surface area contributed by atoms with Crippen molar-refractivity contribution >= 4 is 47.8 Å². The summed E-state index contributed by atoms with van der Waals surface area (Å²) in [5.41, 5.74) is 5.37. The molecular weight excluding hydrogens is 462 g/mol.